The lowest BCUT2D eigenvalue weighted by Crippen LogP contribution is -2.66. The Morgan fingerprint density at radius 3 is 2.76 bits per heavy atom. The van der Waals surface area contributed by atoms with Gasteiger partial charge in [-0.2, -0.15) is 0 Å². The topological polar surface area (TPSA) is 76.7 Å². The van der Waals surface area contributed by atoms with Gasteiger partial charge in [0.25, 0.3) is 0 Å². The van der Waals surface area contributed by atoms with Crippen molar-refractivity contribution < 1.29 is 23.8 Å². The van der Waals surface area contributed by atoms with Gasteiger partial charge in [0.05, 0.1) is 18.1 Å². The molecule has 1 N–H and O–H groups in total. The molecule has 5 nitrogen and oxygen atoms in total. The number of ether oxygens (including phenoxy) is 1. The summed E-state index contributed by atoms with van der Waals surface area (Å²) in [7, 11) is 0. The predicted molar refractivity (Wildman–Crippen MR) is 89.6 cm³/mol. The zero-order valence-corrected chi connectivity index (χ0v) is 15.1. The molecule has 3 fully saturated rings. The van der Waals surface area contributed by atoms with E-state index in [9.17, 15) is 14.7 Å². The fourth-order valence-corrected chi connectivity index (χ4v) is 6.03. The van der Waals surface area contributed by atoms with Crippen LogP contribution in [-0.2, 0) is 20.7 Å². The fraction of sp³-hybridized carbons (Fsp3) is 0.700. The maximum Gasteiger partial charge on any atom is 0.320 e. The van der Waals surface area contributed by atoms with E-state index in [1.807, 2.05) is 13.0 Å². The zero-order valence-electron chi connectivity index (χ0n) is 15.1. The molecule has 5 heteroatoms. The van der Waals surface area contributed by atoms with E-state index in [-0.39, 0.29) is 23.7 Å². The van der Waals surface area contributed by atoms with Gasteiger partial charge in [0, 0.05) is 17.8 Å². The maximum atomic E-state index is 12.6. The fourth-order valence-electron chi connectivity index (χ4n) is 6.03. The Labute approximate surface area is 147 Å². The minimum atomic E-state index is -1.11. The number of rotatable bonds is 3. The Hall–Kier alpha value is -1.62. The van der Waals surface area contributed by atoms with Crippen molar-refractivity contribution in [2.24, 2.45) is 22.7 Å². The molecule has 3 aliphatic rings. The third-order valence-corrected chi connectivity index (χ3v) is 7.58. The average Bonchev–Trinajstić information content (AvgIpc) is 3.16. The van der Waals surface area contributed by atoms with Crippen molar-refractivity contribution in [3.05, 3.63) is 24.2 Å². The largest absolute Gasteiger partial charge is 0.472 e. The molecule has 0 bridgehead atoms. The minimum absolute atomic E-state index is 0.00555. The number of hydrogen-bond acceptors (Lipinski definition) is 5. The van der Waals surface area contributed by atoms with E-state index in [1.54, 1.807) is 19.5 Å². The van der Waals surface area contributed by atoms with Crippen molar-refractivity contribution in [2.75, 3.05) is 0 Å². The molecule has 2 saturated carbocycles. The van der Waals surface area contributed by atoms with E-state index in [2.05, 4.69) is 6.92 Å². The van der Waals surface area contributed by atoms with Crippen LogP contribution >= 0.6 is 0 Å². The maximum absolute atomic E-state index is 12.6. The van der Waals surface area contributed by atoms with E-state index in [1.165, 1.54) is 0 Å². The van der Waals surface area contributed by atoms with Crippen LogP contribution in [0.1, 0.15) is 52.0 Å². The summed E-state index contributed by atoms with van der Waals surface area (Å²) in [4.78, 5) is 25.2. The number of aliphatic hydroxyl groups is 1. The van der Waals surface area contributed by atoms with Gasteiger partial charge in [-0.15, -0.1) is 0 Å². The molecule has 1 saturated heterocycles. The standard InChI is InChI=1S/C20H26O5/c1-12-10-14-16-18(2,7-5-15(21)19(16,3)17(22)25-14)20(12,23)8-4-13-6-9-24-11-13/h6,9,11-12,14,16,23H,4-5,7-8,10H2,1-3H3/t12-,14+,16-,18-,19+,20-/m0/s1. The van der Waals surface area contributed by atoms with Gasteiger partial charge < -0.3 is 14.3 Å². The van der Waals surface area contributed by atoms with Crippen molar-refractivity contribution in [2.45, 2.75) is 64.6 Å². The van der Waals surface area contributed by atoms with E-state index < -0.39 is 22.4 Å². The van der Waals surface area contributed by atoms with Gasteiger partial charge in [-0.25, -0.2) is 0 Å². The van der Waals surface area contributed by atoms with Crippen LogP contribution in [0.2, 0.25) is 0 Å². The van der Waals surface area contributed by atoms with Gasteiger partial charge in [-0.1, -0.05) is 13.8 Å². The Bertz CT molecular complexity index is 710. The van der Waals surface area contributed by atoms with Crippen molar-refractivity contribution in [1.82, 2.24) is 0 Å². The molecule has 0 unspecified atom stereocenters. The van der Waals surface area contributed by atoms with Crippen LogP contribution in [0.4, 0.5) is 0 Å². The Kier molecular flexibility index (Phi) is 3.50. The highest BCUT2D eigenvalue weighted by atomic mass is 16.6. The molecule has 136 valence electrons. The summed E-state index contributed by atoms with van der Waals surface area (Å²) in [6.07, 6.45) is 5.92. The molecule has 25 heavy (non-hydrogen) atoms. The first kappa shape index (κ1) is 16.8. The normalized spacial score (nSPS) is 46.0. The molecular formula is C20H26O5. The zero-order chi connectivity index (χ0) is 18.0. The Morgan fingerprint density at radius 2 is 2.08 bits per heavy atom. The SMILES string of the molecule is C[C@H]1C[C@H]2OC(=O)[C@]3(C)C(=O)CC[C@@](C)([C@H]23)[C@]1(O)CCc1ccoc1. The molecule has 6 atom stereocenters. The number of carbonyl (C=O) groups is 2. The van der Waals surface area contributed by atoms with Crippen LogP contribution in [0.3, 0.4) is 0 Å². The molecule has 0 aromatic carbocycles. The lowest BCUT2D eigenvalue weighted by atomic mass is 9.43. The first-order valence-corrected chi connectivity index (χ1v) is 9.21. The summed E-state index contributed by atoms with van der Waals surface area (Å²) in [5.74, 6) is -0.688. The number of hydrogen-bond donors (Lipinski definition) is 1. The minimum Gasteiger partial charge on any atom is -0.472 e. The van der Waals surface area contributed by atoms with Crippen LogP contribution in [0.25, 0.3) is 0 Å². The van der Waals surface area contributed by atoms with E-state index in [0.29, 0.717) is 32.1 Å². The molecule has 1 aromatic rings. The van der Waals surface area contributed by atoms with Gasteiger partial charge in [-0.05, 0) is 50.2 Å². The molecule has 0 radical (unpaired) electrons. The predicted octanol–water partition coefficient (Wildman–Crippen LogP) is 2.90. The Balaban J connectivity index is 1.74. The second-order valence-corrected chi connectivity index (χ2v) is 8.66. The van der Waals surface area contributed by atoms with E-state index in [0.717, 1.165) is 5.56 Å². The first-order chi connectivity index (χ1) is 11.7. The summed E-state index contributed by atoms with van der Waals surface area (Å²) in [6.45, 7) is 5.82. The van der Waals surface area contributed by atoms with Crippen molar-refractivity contribution in [1.29, 1.82) is 0 Å². The lowest BCUT2D eigenvalue weighted by Gasteiger charge is -2.60. The molecule has 0 spiro atoms. The van der Waals surface area contributed by atoms with Gasteiger partial charge >= 0.3 is 5.97 Å². The third-order valence-electron chi connectivity index (χ3n) is 7.58. The summed E-state index contributed by atoms with van der Waals surface area (Å²) in [5, 5.41) is 11.8. The van der Waals surface area contributed by atoms with Crippen LogP contribution in [0, 0.1) is 22.7 Å². The highest BCUT2D eigenvalue weighted by molar-refractivity contribution is 6.06. The number of ketones is 1. The summed E-state index contributed by atoms with van der Waals surface area (Å²) < 4.78 is 10.8. The summed E-state index contributed by atoms with van der Waals surface area (Å²) in [5.41, 5.74) is -1.52. The van der Waals surface area contributed by atoms with Crippen molar-refractivity contribution >= 4 is 11.8 Å². The number of esters is 1. The monoisotopic (exact) mass is 346 g/mol. The summed E-state index contributed by atoms with van der Waals surface area (Å²) in [6, 6.07) is 1.92. The van der Waals surface area contributed by atoms with Crippen LogP contribution in [0.5, 0.6) is 0 Å². The molecule has 4 rings (SSSR count). The second-order valence-electron chi connectivity index (χ2n) is 8.66. The lowest BCUT2D eigenvalue weighted by molar-refractivity contribution is -0.215. The molecule has 0 amide bonds. The van der Waals surface area contributed by atoms with E-state index in [4.69, 9.17) is 9.15 Å². The second kappa shape index (κ2) is 5.19. The van der Waals surface area contributed by atoms with E-state index >= 15 is 0 Å². The van der Waals surface area contributed by atoms with Crippen LogP contribution < -0.4 is 0 Å². The van der Waals surface area contributed by atoms with Gasteiger partial charge in [0.2, 0.25) is 0 Å². The van der Waals surface area contributed by atoms with Gasteiger partial charge in [-0.3, -0.25) is 9.59 Å². The molecule has 2 heterocycles. The van der Waals surface area contributed by atoms with Crippen LogP contribution in [0.15, 0.2) is 23.0 Å². The highest BCUT2D eigenvalue weighted by Gasteiger charge is 2.73. The Morgan fingerprint density at radius 1 is 1.32 bits per heavy atom. The first-order valence-electron chi connectivity index (χ1n) is 9.21. The number of Topliss-reactive ketones (excluding diaryl/α,β-unsaturated/α-hetero) is 1. The summed E-state index contributed by atoms with van der Waals surface area (Å²) >= 11 is 0. The molecule has 1 aliphatic heterocycles. The quantitative estimate of drug-likeness (QED) is 0.673. The number of carbonyl (C=O) groups excluding carboxylic acids is 2. The van der Waals surface area contributed by atoms with Gasteiger partial charge in [0.15, 0.2) is 0 Å². The molecular weight excluding hydrogens is 320 g/mol. The average molecular weight is 346 g/mol. The molecule has 2 aliphatic carbocycles. The smallest absolute Gasteiger partial charge is 0.320 e. The number of furan rings is 1. The highest BCUT2D eigenvalue weighted by Crippen LogP contribution is 2.66. The van der Waals surface area contributed by atoms with Crippen molar-refractivity contribution in [3.8, 4) is 0 Å². The third kappa shape index (κ3) is 1.99. The number of aryl methyl sites for hydroxylation is 1. The van der Waals surface area contributed by atoms with Crippen LogP contribution in [-0.4, -0.2) is 28.6 Å². The molecule has 1 aromatic heterocycles. The van der Waals surface area contributed by atoms with Gasteiger partial charge in [0.1, 0.15) is 17.3 Å². The van der Waals surface area contributed by atoms with Crippen molar-refractivity contribution in [3.63, 3.8) is 0 Å².